The number of nitrogens with two attached hydrogens (primary N) is 1. The normalized spacial score (nSPS) is 11.3. The van der Waals surface area contributed by atoms with Gasteiger partial charge < -0.3 is 10.5 Å². The van der Waals surface area contributed by atoms with Crippen LogP contribution in [0.5, 0.6) is 5.75 Å². The van der Waals surface area contributed by atoms with Gasteiger partial charge >= 0.3 is 0 Å². The molecule has 1 aromatic heterocycles. The molecule has 3 aromatic rings. The number of aromatic nitrogens is 1. The molecule has 0 fully saturated rings. The minimum Gasteiger partial charge on any atom is -0.496 e. The van der Waals surface area contributed by atoms with Crippen molar-refractivity contribution in [2.45, 2.75) is 0 Å². The first-order chi connectivity index (χ1) is 11.7. The van der Waals surface area contributed by atoms with Crippen molar-refractivity contribution in [3.05, 3.63) is 54.6 Å². The molecule has 0 aliphatic carbocycles. The van der Waals surface area contributed by atoms with Crippen LogP contribution < -0.4 is 15.8 Å². The molecule has 6 nitrogen and oxygen atoms in total. The number of hydrogen-bond acceptors (Lipinski definition) is 4. The van der Waals surface area contributed by atoms with Crippen LogP contribution in [0, 0.1) is 0 Å². The summed E-state index contributed by atoms with van der Waals surface area (Å²) >= 11 is 0. The molecule has 0 saturated carbocycles. The number of benzene rings is 2. The zero-order valence-electron chi connectivity index (χ0n) is 13.1. The van der Waals surface area contributed by atoms with Gasteiger partial charge in [0.1, 0.15) is 5.75 Å². The van der Waals surface area contributed by atoms with Crippen LogP contribution in [-0.4, -0.2) is 24.5 Å². The Balaban J connectivity index is 2.28. The summed E-state index contributed by atoms with van der Waals surface area (Å²) in [6, 6.07) is 17.2. The molecule has 120 valence electrons. The van der Waals surface area contributed by atoms with Crippen LogP contribution in [0.3, 0.4) is 0 Å². The topological polar surface area (TPSA) is 89.6 Å². The number of carbonyl (C=O) groups is 1. The lowest BCUT2D eigenvalue weighted by molar-refractivity contribution is -0.108. The van der Waals surface area contributed by atoms with E-state index in [2.05, 4.69) is 15.3 Å². The Morgan fingerprint density at radius 2 is 2.00 bits per heavy atom. The van der Waals surface area contributed by atoms with E-state index in [0.29, 0.717) is 17.8 Å². The number of amides is 1. The summed E-state index contributed by atoms with van der Waals surface area (Å²) in [6.07, 6.45) is 0.484. The van der Waals surface area contributed by atoms with E-state index >= 15 is 0 Å². The predicted octanol–water partition coefficient (Wildman–Crippen LogP) is 2.60. The number of carbonyl (C=O) groups excluding carboxylic acids is 1. The van der Waals surface area contributed by atoms with Crippen molar-refractivity contribution in [1.82, 2.24) is 10.3 Å². The third-order valence-corrected chi connectivity index (χ3v) is 3.51. The van der Waals surface area contributed by atoms with Gasteiger partial charge in [0, 0.05) is 5.56 Å². The van der Waals surface area contributed by atoms with E-state index in [1.165, 1.54) is 0 Å². The largest absolute Gasteiger partial charge is 0.496 e. The highest BCUT2D eigenvalue weighted by Crippen LogP contribution is 2.36. The number of ether oxygens (including phenoxy) is 1. The molecule has 0 bridgehead atoms. The van der Waals surface area contributed by atoms with Crippen LogP contribution in [0.25, 0.3) is 22.2 Å². The molecule has 0 unspecified atom stereocenters. The van der Waals surface area contributed by atoms with Gasteiger partial charge in [-0.25, -0.2) is 9.98 Å². The standard InChI is InChI=1S/C18H16N4O2/c1-24-16-9-5-8-13-17(16)15(22-18(19)20-11-23)10-14(21-13)12-6-3-2-4-7-12/h2-11H,1H3,(H3,19,20,21,22,23). The van der Waals surface area contributed by atoms with Gasteiger partial charge in [0.05, 0.1) is 29.4 Å². The molecular formula is C18H16N4O2. The zero-order valence-corrected chi connectivity index (χ0v) is 13.1. The zero-order chi connectivity index (χ0) is 16.9. The summed E-state index contributed by atoms with van der Waals surface area (Å²) in [5, 5.41) is 3.07. The molecule has 2 aromatic carbocycles. The summed E-state index contributed by atoms with van der Waals surface area (Å²) in [7, 11) is 1.58. The van der Waals surface area contributed by atoms with Gasteiger partial charge in [0.2, 0.25) is 6.41 Å². The maximum Gasteiger partial charge on any atom is 0.213 e. The van der Waals surface area contributed by atoms with Crippen LogP contribution in [0.2, 0.25) is 0 Å². The first-order valence-electron chi connectivity index (χ1n) is 7.30. The molecule has 0 saturated heterocycles. The molecule has 3 N–H and O–H groups in total. The second-order valence-corrected chi connectivity index (χ2v) is 5.01. The Bertz CT molecular complexity index is 908. The van der Waals surface area contributed by atoms with E-state index in [1.807, 2.05) is 54.6 Å². The number of hydrogen-bond donors (Lipinski definition) is 2. The third kappa shape index (κ3) is 3.03. The Morgan fingerprint density at radius 1 is 1.21 bits per heavy atom. The number of fused-ring (bicyclic) bond motifs is 1. The van der Waals surface area contributed by atoms with Crippen molar-refractivity contribution in [3.8, 4) is 17.0 Å². The van der Waals surface area contributed by atoms with E-state index in [1.54, 1.807) is 7.11 Å². The highest BCUT2D eigenvalue weighted by molar-refractivity contribution is 6.00. The minimum absolute atomic E-state index is 0.00224. The smallest absolute Gasteiger partial charge is 0.213 e. The maximum atomic E-state index is 10.6. The molecule has 0 atom stereocenters. The molecule has 0 aliphatic rings. The number of aliphatic imine (C=N–C) groups is 1. The monoisotopic (exact) mass is 320 g/mol. The minimum atomic E-state index is 0.00224. The average Bonchev–Trinajstić information content (AvgIpc) is 2.62. The lowest BCUT2D eigenvalue weighted by Crippen LogP contribution is -2.29. The lowest BCUT2D eigenvalue weighted by Gasteiger charge is -2.11. The van der Waals surface area contributed by atoms with Crippen molar-refractivity contribution in [1.29, 1.82) is 0 Å². The van der Waals surface area contributed by atoms with Crippen molar-refractivity contribution >= 4 is 29.0 Å². The number of rotatable bonds is 4. The van der Waals surface area contributed by atoms with Crippen LogP contribution in [0.1, 0.15) is 0 Å². The molecule has 0 radical (unpaired) electrons. The van der Waals surface area contributed by atoms with E-state index in [4.69, 9.17) is 10.5 Å². The van der Waals surface area contributed by atoms with Crippen LogP contribution >= 0.6 is 0 Å². The van der Waals surface area contributed by atoms with Crippen molar-refractivity contribution in [2.24, 2.45) is 10.7 Å². The molecule has 24 heavy (non-hydrogen) atoms. The Hall–Kier alpha value is -3.41. The SMILES string of the molecule is COc1cccc2nc(-c3ccccc3)cc(N=C(N)NC=O)c12. The molecule has 0 aliphatic heterocycles. The second-order valence-electron chi connectivity index (χ2n) is 5.01. The first-order valence-corrected chi connectivity index (χ1v) is 7.30. The first kappa shape index (κ1) is 15.5. The van der Waals surface area contributed by atoms with Crippen molar-refractivity contribution < 1.29 is 9.53 Å². The Labute approximate surface area is 139 Å². The van der Waals surface area contributed by atoms with E-state index in [0.717, 1.165) is 22.2 Å². The van der Waals surface area contributed by atoms with Gasteiger partial charge in [0.25, 0.3) is 0 Å². The molecule has 0 spiro atoms. The fourth-order valence-corrected chi connectivity index (χ4v) is 2.47. The van der Waals surface area contributed by atoms with Gasteiger partial charge in [-0.05, 0) is 18.2 Å². The average molecular weight is 320 g/mol. The summed E-state index contributed by atoms with van der Waals surface area (Å²) < 4.78 is 5.42. The third-order valence-electron chi connectivity index (χ3n) is 3.51. The predicted molar refractivity (Wildman–Crippen MR) is 94.2 cm³/mol. The maximum absolute atomic E-state index is 10.6. The lowest BCUT2D eigenvalue weighted by atomic mass is 10.1. The fourth-order valence-electron chi connectivity index (χ4n) is 2.47. The van der Waals surface area contributed by atoms with E-state index in [-0.39, 0.29) is 5.96 Å². The van der Waals surface area contributed by atoms with Crippen LogP contribution in [-0.2, 0) is 4.79 Å². The molecule has 1 heterocycles. The molecule has 3 rings (SSSR count). The summed E-state index contributed by atoms with van der Waals surface area (Å²) in [4.78, 5) is 19.6. The van der Waals surface area contributed by atoms with Gasteiger partial charge in [-0.2, -0.15) is 0 Å². The number of guanidine groups is 1. The van der Waals surface area contributed by atoms with Crippen molar-refractivity contribution in [2.75, 3.05) is 7.11 Å². The van der Waals surface area contributed by atoms with E-state index < -0.39 is 0 Å². The highest BCUT2D eigenvalue weighted by atomic mass is 16.5. The summed E-state index contributed by atoms with van der Waals surface area (Å²) in [5.41, 5.74) is 8.75. The molecular weight excluding hydrogens is 304 g/mol. The summed E-state index contributed by atoms with van der Waals surface area (Å²) in [6.45, 7) is 0. The number of nitrogens with zero attached hydrogens (tertiary/aromatic N) is 2. The number of nitrogens with one attached hydrogen (secondary N) is 1. The van der Waals surface area contributed by atoms with Gasteiger partial charge in [0.15, 0.2) is 5.96 Å². The van der Waals surface area contributed by atoms with Crippen LogP contribution in [0.4, 0.5) is 5.69 Å². The van der Waals surface area contributed by atoms with E-state index in [9.17, 15) is 4.79 Å². The quantitative estimate of drug-likeness (QED) is 0.439. The molecule has 1 amide bonds. The summed E-state index contributed by atoms with van der Waals surface area (Å²) in [5.74, 6) is 0.639. The van der Waals surface area contributed by atoms with Crippen molar-refractivity contribution in [3.63, 3.8) is 0 Å². The van der Waals surface area contributed by atoms with Gasteiger partial charge in [-0.1, -0.05) is 36.4 Å². The van der Waals surface area contributed by atoms with Crippen LogP contribution in [0.15, 0.2) is 59.6 Å². The van der Waals surface area contributed by atoms with Gasteiger partial charge in [-0.15, -0.1) is 0 Å². The second kappa shape index (κ2) is 6.78. The number of methoxy groups -OCH3 is 1. The number of pyridine rings is 1. The fraction of sp³-hybridized carbons (Fsp3) is 0.0556. The Kier molecular flexibility index (Phi) is 4.38. The molecule has 6 heteroatoms. The Morgan fingerprint density at radius 3 is 2.71 bits per heavy atom. The van der Waals surface area contributed by atoms with Gasteiger partial charge in [-0.3, -0.25) is 10.1 Å². The highest BCUT2D eigenvalue weighted by Gasteiger charge is 2.12.